The number of hydrogen-bond acceptors (Lipinski definition) is 9. The van der Waals surface area contributed by atoms with Crippen molar-refractivity contribution >= 4 is 41.5 Å². The molecule has 4 rings (SSSR count). The Balaban J connectivity index is 1.68. The van der Waals surface area contributed by atoms with Gasteiger partial charge in [0.25, 0.3) is 0 Å². The number of nitrogen functional groups attached to an aromatic ring is 1. The molecule has 0 unspecified atom stereocenters. The number of pyridine rings is 1. The van der Waals surface area contributed by atoms with E-state index >= 15 is 0 Å². The minimum atomic E-state index is -4.08. The Morgan fingerprint density at radius 3 is 2.44 bits per heavy atom. The van der Waals surface area contributed by atoms with E-state index in [9.17, 15) is 9.36 Å². The zero-order valence-corrected chi connectivity index (χ0v) is 25.2. The van der Waals surface area contributed by atoms with E-state index in [1.807, 2.05) is 48.7 Å². The molecule has 0 saturated heterocycles. The molecule has 2 aromatic heterocycles. The summed E-state index contributed by atoms with van der Waals surface area (Å²) in [5.74, 6) is 0.661. The minimum Gasteiger partial charge on any atom is -0.459 e. The number of carbonyl (C=O) groups excluding carboxylic acids is 1. The summed E-state index contributed by atoms with van der Waals surface area (Å²) in [4.78, 5) is 22.0. The van der Waals surface area contributed by atoms with Gasteiger partial charge in [-0.05, 0) is 59.7 Å². The summed E-state index contributed by atoms with van der Waals surface area (Å²) >= 11 is 0. The van der Waals surface area contributed by atoms with Crippen LogP contribution in [-0.2, 0) is 30.0 Å². The van der Waals surface area contributed by atoms with Gasteiger partial charge in [0.1, 0.15) is 35.3 Å². The van der Waals surface area contributed by atoms with Crippen LogP contribution in [0.15, 0.2) is 54.6 Å². The molecule has 4 aromatic rings. The number of carbonyl (C=O) groups is 1. The van der Waals surface area contributed by atoms with E-state index in [2.05, 4.69) is 10.1 Å². The van der Waals surface area contributed by atoms with Crippen LogP contribution in [0.3, 0.4) is 0 Å². The van der Waals surface area contributed by atoms with Crippen LogP contribution < -0.4 is 15.3 Å². The lowest BCUT2D eigenvalue weighted by molar-refractivity contribution is -0.156. The Kier molecular flexibility index (Phi) is 9.34. The number of ether oxygens (including phenoxy) is 2. The molecule has 0 fully saturated rings. The van der Waals surface area contributed by atoms with Gasteiger partial charge in [0.2, 0.25) is 0 Å². The molecular formula is C29H38N5O6P. The third kappa shape index (κ3) is 7.42. The number of imidazole rings is 1. The lowest BCUT2D eigenvalue weighted by Gasteiger charge is -2.27. The van der Waals surface area contributed by atoms with Gasteiger partial charge < -0.3 is 24.3 Å². The molecule has 0 aliphatic carbocycles. The van der Waals surface area contributed by atoms with Crippen molar-refractivity contribution in [2.45, 2.75) is 65.8 Å². The molecule has 0 amide bonds. The van der Waals surface area contributed by atoms with Gasteiger partial charge >= 0.3 is 13.7 Å². The fraction of sp³-hybridized carbons (Fsp3) is 0.414. The normalized spacial score (nSPS) is 15.0. The highest BCUT2D eigenvalue weighted by Gasteiger charge is 2.34. The number of para-hydroxylation sites is 2. The third-order valence-corrected chi connectivity index (χ3v) is 7.71. The molecule has 0 bridgehead atoms. The highest BCUT2D eigenvalue weighted by Crippen LogP contribution is 2.46. The summed E-state index contributed by atoms with van der Waals surface area (Å²) in [5.41, 5.74) is 7.64. The zero-order chi connectivity index (χ0) is 29.8. The largest absolute Gasteiger partial charge is 0.459 e. The Hall–Kier alpha value is -3.50. The average molecular weight is 584 g/mol. The number of aromatic nitrogens is 3. The number of hydrogen-bond donors (Lipinski definition) is 2. The monoisotopic (exact) mass is 583 g/mol. The topological polar surface area (TPSA) is 140 Å². The molecule has 2 aromatic carbocycles. The van der Waals surface area contributed by atoms with E-state index in [0.29, 0.717) is 29.5 Å². The highest BCUT2D eigenvalue weighted by atomic mass is 31.2. The van der Waals surface area contributed by atoms with Gasteiger partial charge in [-0.25, -0.2) is 14.5 Å². The minimum absolute atomic E-state index is 0.0563. The standard InChI is InChI=1S/C29H38N5O6P/c1-7-37-18-24-32-25-26(22-15-11-12-16-23(22)31-27(25)30)34(24)19(2)17-38-41(36,40-21-13-9-8-10-14-21)33-20(3)28(35)39-29(4,5)6/h8-16,19-20H,7,17-18H2,1-6H3,(H2,30,31)(H,33,36)/t19-,20+,41+/m1/s1. The summed E-state index contributed by atoms with van der Waals surface area (Å²) in [6.45, 7) is 11.3. The van der Waals surface area contributed by atoms with E-state index < -0.39 is 31.4 Å². The van der Waals surface area contributed by atoms with Crippen LogP contribution in [0.1, 0.15) is 53.4 Å². The van der Waals surface area contributed by atoms with Crippen molar-refractivity contribution in [1.29, 1.82) is 0 Å². The number of nitrogens with one attached hydrogen (secondary N) is 1. The van der Waals surface area contributed by atoms with Crippen molar-refractivity contribution in [2.24, 2.45) is 0 Å². The summed E-state index contributed by atoms with van der Waals surface area (Å²) in [5, 5.41) is 3.61. The predicted octanol–water partition coefficient (Wildman–Crippen LogP) is 5.79. The molecular weight excluding hydrogens is 545 g/mol. The number of nitrogens with two attached hydrogens (primary N) is 1. The zero-order valence-electron chi connectivity index (χ0n) is 24.3. The first-order valence-electron chi connectivity index (χ1n) is 13.5. The second-order valence-corrected chi connectivity index (χ2v) is 12.4. The van der Waals surface area contributed by atoms with E-state index in [1.165, 1.54) is 0 Å². The molecule has 0 spiro atoms. The molecule has 0 saturated carbocycles. The van der Waals surface area contributed by atoms with Crippen molar-refractivity contribution in [3.8, 4) is 5.75 Å². The van der Waals surface area contributed by atoms with Crippen molar-refractivity contribution in [3.05, 3.63) is 60.4 Å². The van der Waals surface area contributed by atoms with Crippen LogP contribution in [0.25, 0.3) is 21.9 Å². The van der Waals surface area contributed by atoms with Crippen LogP contribution in [0, 0.1) is 0 Å². The molecule has 41 heavy (non-hydrogen) atoms. The van der Waals surface area contributed by atoms with Gasteiger partial charge in [0, 0.05) is 12.0 Å². The van der Waals surface area contributed by atoms with Crippen molar-refractivity contribution in [3.63, 3.8) is 0 Å². The van der Waals surface area contributed by atoms with E-state index in [1.54, 1.807) is 52.0 Å². The third-order valence-electron chi connectivity index (χ3n) is 6.07. The van der Waals surface area contributed by atoms with Gasteiger partial charge in [0.05, 0.1) is 23.7 Å². The van der Waals surface area contributed by atoms with Crippen molar-refractivity contribution < 1.29 is 27.9 Å². The molecule has 0 radical (unpaired) electrons. The van der Waals surface area contributed by atoms with Gasteiger partial charge in [-0.1, -0.05) is 36.4 Å². The smallest absolute Gasteiger partial charge is 0.459 e. The van der Waals surface area contributed by atoms with Crippen LogP contribution in [0.2, 0.25) is 0 Å². The molecule has 220 valence electrons. The highest BCUT2D eigenvalue weighted by molar-refractivity contribution is 7.52. The summed E-state index contributed by atoms with van der Waals surface area (Å²) in [7, 11) is -4.08. The summed E-state index contributed by atoms with van der Waals surface area (Å²) in [6.07, 6.45) is 0. The maximum atomic E-state index is 14.1. The molecule has 0 aliphatic rings. The lowest BCUT2D eigenvalue weighted by atomic mass is 10.1. The maximum Gasteiger partial charge on any atom is 0.459 e. The second kappa shape index (κ2) is 12.6. The molecule has 3 N–H and O–H groups in total. The Morgan fingerprint density at radius 1 is 1.07 bits per heavy atom. The maximum absolute atomic E-state index is 14.1. The molecule has 0 aliphatic heterocycles. The lowest BCUT2D eigenvalue weighted by Crippen LogP contribution is -2.39. The molecule has 12 heteroatoms. The van der Waals surface area contributed by atoms with Crippen LogP contribution in [0.4, 0.5) is 5.82 Å². The molecule has 3 atom stereocenters. The van der Waals surface area contributed by atoms with Gasteiger partial charge in [-0.15, -0.1) is 0 Å². The first-order valence-corrected chi connectivity index (χ1v) is 15.1. The quantitative estimate of drug-likeness (QED) is 0.156. The Morgan fingerprint density at radius 2 is 1.76 bits per heavy atom. The predicted molar refractivity (Wildman–Crippen MR) is 159 cm³/mol. The number of nitrogens with zero attached hydrogens (tertiary/aromatic N) is 3. The SMILES string of the molecule is CCOCc1nc2c(N)nc3ccccc3c2n1[C@H](C)CO[P@@](=O)(N[C@@H](C)C(=O)OC(C)(C)C)Oc1ccccc1. The second-order valence-electron chi connectivity index (χ2n) is 10.7. The van der Waals surface area contributed by atoms with Crippen molar-refractivity contribution in [2.75, 3.05) is 18.9 Å². The fourth-order valence-electron chi connectivity index (χ4n) is 4.31. The number of rotatable bonds is 12. The number of fused-ring (bicyclic) bond motifs is 3. The van der Waals surface area contributed by atoms with Gasteiger partial charge in [-0.3, -0.25) is 9.32 Å². The van der Waals surface area contributed by atoms with Crippen LogP contribution in [0.5, 0.6) is 5.75 Å². The van der Waals surface area contributed by atoms with Crippen LogP contribution >= 0.6 is 7.75 Å². The first-order chi connectivity index (χ1) is 19.4. The molecule has 2 heterocycles. The Labute approximate surface area is 239 Å². The number of benzene rings is 2. The first kappa shape index (κ1) is 30.5. The van der Waals surface area contributed by atoms with Gasteiger partial charge in [-0.2, -0.15) is 5.09 Å². The summed E-state index contributed by atoms with van der Waals surface area (Å²) in [6, 6.07) is 14.9. The fourth-order valence-corrected chi connectivity index (χ4v) is 5.88. The van der Waals surface area contributed by atoms with Gasteiger partial charge in [0.15, 0.2) is 5.82 Å². The number of anilines is 1. The Bertz CT molecular complexity index is 1550. The van der Waals surface area contributed by atoms with E-state index in [-0.39, 0.29) is 13.2 Å². The van der Waals surface area contributed by atoms with E-state index in [4.69, 9.17) is 29.2 Å². The number of esters is 1. The summed E-state index contributed by atoms with van der Waals surface area (Å²) < 4.78 is 39.0. The van der Waals surface area contributed by atoms with Crippen LogP contribution in [-0.4, -0.2) is 45.4 Å². The van der Waals surface area contributed by atoms with E-state index in [0.717, 1.165) is 16.4 Å². The average Bonchev–Trinajstić information content (AvgIpc) is 3.31. The molecule has 11 nitrogen and oxygen atoms in total. The van der Waals surface area contributed by atoms with Crippen molar-refractivity contribution in [1.82, 2.24) is 19.6 Å².